The number of hydrogen-bond donors (Lipinski definition) is 0. The van der Waals surface area contributed by atoms with Crippen molar-refractivity contribution in [3.63, 3.8) is 0 Å². The lowest BCUT2D eigenvalue weighted by molar-refractivity contribution is 0.0595. The van der Waals surface area contributed by atoms with E-state index in [0.717, 1.165) is 17.0 Å². The Balaban J connectivity index is 2.39. The highest BCUT2D eigenvalue weighted by molar-refractivity contribution is 5.90. The molecule has 0 aliphatic heterocycles. The lowest BCUT2D eigenvalue weighted by atomic mass is 10.0. The summed E-state index contributed by atoms with van der Waals surface area (Å²) in [6.45, 7) is 11.8. The van der Waals surface area contributed by atoms with Crippen LogP contribution in [0, 0.1) is 11.7 Å². The molecule has 0 saturated heterocycles. The molecule has 0 saturated carbocycles. The van der Waals surface area contributed by atoms with E-state index in [4.69, 9.17) is 4.74 Å². The molecule has 152 valence electrons. The van der Waals surface area contributed by atoms with Crippen LogP contribution in [0.4, 0.5) is 15.8 Å². The first-order valence-corrected chi connectivity index (χ1v) is 9.70. The second-order valence-corrected chi connectivity index (χ2v) is 7.48. The van der Waals surface area contributed by atoms with Crippen LogP contribution in [0.1, 0.15) is 56.5 Å². The summed E-state index contributed by atoms with van der Waals surface area (Å²) >= 11 is 0. The van der Waals surface area contributed by atoms with Gasteiger partial charge in [-0.1, -0.05) is 27.7 Å². The normalized spacial score (nSPS) is 11.0. The first-order valence-electron chi connectivity index (χ1n) is 9.70. The van der Waals surface area contributed by atoms with Crippen molar-refractivity contribution < 1.29 is 18.7 Å². The number of esters is 1. The Hall–Kier alpha value is -2.56. The fraction of sp³-hybridized carbons (Fsp3) is 0.435. The van der Waals surface area contributed by atoms with Gasteiger partial charge < -0.3 is 14.4 Å². The van der Waals surface area contributed by atoms with Gasteiger partial charge in [0, 0.05) is 17.9 Å². The third kappa shape index (κ3) is 5.03. The molecule has 0 fully saturated rings. The number of ether oxygens (including phenoxy) is 2. The third-order valence-corrected chi connectivity index (χ3v) is 4.49. The summed E-state index contributed by atoms with van der Waals surface area (Å²) in [6, 6.07) is 10.6. The summed E-state index contributed by atoms with van der Waals surface area (Å²) in [5.74, 6) is 0.350. The molecule has 2 aromatic carbocycles. The van der Waals surface area contributed by atoms with E-state index in [1.807, 2.05) is 24.0 Å². The molecule has 0 spiro atoms. The van der Waals surface area contributed by atoms with Gasteiger partial charge in [0.15, 0.2) is 0 Å². The molecule has 0 aliphatic rings. The molecule has 4 nitrogen and oxygen atoms in total. The van der Waals surface area contributed by atoms with Crippen molar-refractivity contribution in [1.82, 2.24) is 0 Å². The lowest BCUT2D eigenvalue weighted by Gasteiger charge is -2.26. The molecule has 0 heterocycles. The van der Waals surface area contributed by atoms with Crippen LogP contribution in [0.3, 0.4) is 0 Å². The summed E-state index contributed by atoms with van der Waals surface area (Å²) in [7, 11) is 1.24. The number of anilines is 2. The predicted octanol–water partition coefficient (Wildman–Crippen LogP) is 5.93. The van der Waals surface area contributed by atoms with E-state index in [1.165, 1.54) is 19.2 Å². The minimum absolute atomic E-state index is 0.0670. The van der Waals surface area contributed by atoms with Crippen molar-refractivity contribution in [1.29, 1.82) is 0 Å². The van der Waals surface area contributed by atoms with Crippen molar-refractivity contribution in [3.05, 3.63) is 53.3 Å². The van der Waals surface area contributed by atoms with E-state index in [1.54, 1.807) is 6.07 Å². The molecule has 0 unspecified atom stereocenters. The van der Waals surface area contributed by atoms with Gasteiger partial charge in [-0.15, -0.1) is 0 Å². The van der Waals surface area contributed by atoms with Gasteiger partial charge in [-0.25, -0.2) is 9.18 Å². The fourth-order valence-electron chi connectivity index (χ4n) is 3.00. The molecule has 0 aromatic heterocycles. The highest BCUT2D eigenvalue weighted by Gasteiger charge is 2.17. The number of hydrogen-bond acceptors (Lipinski definition) is 4. The Bertz CT molecular complexity index is 817. The summed E-state index contributed by atoms with van der Waals surface area (Å²) in [4.78, 5) is 13.6. The minimum atomic E-state index is -0.680. The summed E-state index contributed by atoms with van der Waals surface area (Å²) in [5.41, 5.74) is 2.68. The van der Waals surface area contributed by atoms with Gasteiger partial charge in [0.2, 0.25) is 0 Å². The molecule has 5 heteroatoms. The molecular weight excluding hydrogens is 357 g/mol. The third-order valence-electron chi connectivity index (χ3n) is 4.49. The predicted molar refractivity (Wildman–Crippen MR) is 111 cm³/mol. The molecule has 2 rings (SSSR count). The quantitative estimate of drug-likeness (QED) is 0.526. The van der Waals surface area contributed by atoms with Crippen molar-refractivity contribution in [2.24, 2.45) is 5.92 Å². The van der Waals surface area contributed by atoms with Crippen LogP contribution in [0.5, 0.6) is 5.75 Å². The topological polar surface area (TPSA) is 38.8 Å². The maximum absolute atomic E-state index is 14.4. The van der Waals surface area contributed by atoms with Crippen molar-refractivity contribution in [3.8, 4) is 5.75 Å². The van der Waals surface area contributed by atoms with Gasteiger partial charge in [0.1, 0.15) is 11.6 Å². The molecule has 0 amide bonds. The van der Waals surface area contributed by atoms with Crippen LogP contribution in [-0.2, 0) is 4.74 Å². The first-order chi connectivity index (χ1) is 13.3. The van der Waals surface area contributed by atoms with Gasteiger partial charge in [-0.3, -0.25) is 0 Å². The average Bonchev–Trinajstić information content (AvgIpc) is 2.66. The number of methoxy groups -OCH3 is 1. The van der Waals surface area contributed by atoms with Crippen LogP contribution >= 0.6 is 0 Å². The zero-order valence-electron chi connectivity index (χ0n) is 17.6. The number of carbonyl (C=O) groups excluding carboxylic acids is 1. The highest BCUT2D eigenvalue weighted by Crippen LogP contribution is 2.34. The standard InChI is InChI=1S/C23H30FNO3/c1-7-25(18-8-10-19(21(24)13-18)23(26)27-6)17-9-11-22(28-14-15(2)3)20(12-17)16(4)5/h8-13,15-16H,7,14H2,1-6H3. The molecule has 0 atom stereocenters. The maximum atomic E-state index is 14.4. The van der Waals surface area contributed by atoms with Gasteiger partial charge in [0.05, 0.1) is 19.3 Å². The molecule has 0 aliphatic carbocycles. The van der Waals surface area contributed by atoms with E-state index in [2.05, 4.69) is 38.5 Å². The van der Waals surface area contributed by atoms with Crippen molar-refractivity contribution in [2.45, 2.75) is 40.5 Å². The zero-order valence-corrected chi connectivity index (χ0v) is 17.6. The van der Waals surface area contributed by atoms with E-state index < -0.39 is 11.8 Å². The largest absolute Gasteiger partial charge is 0.493 e. The zero-order chi connectivity index (χ0) is 20.8. The summed E-state index contributed by atoms with van der Waals surface area (Å²) in [6.07, 6.45) is 0. The molecule has 0 radical (unpaired) electrons. The number of nitrogens with zero attached hydrogens (tertiary/aromatic N) is 1. The smallest absolute Gasteiger partial charge is 0.340 e. The molecule has 0 bridgehead atoms. The number of carbonyl (C=O) groups is 1. The second kappa shape index (κ2) is 9.58. The van der Waals surface area contributed by atoms with E-state index in [-0.39, 0.29) is 5.56 Å². The van der Waals surface area contributed by atoms with Gasteiger partial charge in [-0.2, -0.15) is 0 Å². The molecule has 28 heavy (non-hydrogen) atoms. The summed E-state index contributed by atoms with van der Waals surface area (Å²) < 4.78 is 25.0. The van der Waals surface area contributed by atoms with Crippen LogP contribution in [-0.4, -0.2) is 26.2 Å². The Morgan fingerprint density at radius 2 is 1.71 bits per heavy atom. The van der Waals surface area contributed by atoms with E-state index in [9.17, 15) is 9.18 Å². The van der Waals surface area contributed by atoms with Crippen LogP contribution in [0.15, 0.2) is 36.4 Å². The highest BCUT2D eigenvalue weighted by atomic mass is 19.1. The Morgan fingerprint density at radius 1 is 1.07 bits per heavy atom. The fourth-order valence-corrected chi connectivity index (χ4v) is 3.00. The van der Waals surface area contributed by atoms with Gasteiger partial charge in [-0.05, 0) is 60.7 Å². The van der Waals surface area contributed by atoms with E-state index >= 15 is 0 Å². The van der Waals surface area contributed by atoms with Crippen LogP contribution in [0.2, 0.25) is 0 Å². The average molecular weight is 387 g/mol. The van der Waals surface area contributed by atoms with Crippen LogP contribution in [0.25, 0.3) is 0 Å². The number of halogens is 1. The van der Waals surface area contributed by atoms with Crippen molar-refractivity contribution in [2.75, 3.05) is 25.2 Å². The second-order valence-electron chi connectivity index (χ2n) is 7.48. The Morgan fingerprint density at radius 3 is 2.25 bits per heavy atom. The maximum Gasteiger partial charge on any atom is 0.340 e. The number of rotatable bonds is 8. The number of benzene rings is 2. The van der Waals surface area contributed by atoms with Gasteiger partial charge in [0.25, 0.3) is 0 Å². The molecular formula is C23H30FNO3. The Kier molecular flexibility index (Phi) is 7.44. The monoisotopic (exact) mass is 387 g/mol. The van der Waals surface area contributed by atoms with Crippen LogP contribution < -0.4 is 9.64 Å². The molecule has 0 N–H and O–H groups in total. The minimum Gasteiger partial charge on any atom is -0.493 e. The van der Waals surface area contributed by atoms with Gasteiger partial charge >= 0.3 is 5.97 Å². The van der Waals surface area contributed by atoms with Crippen molar-refractivity contribution >= 4 is 17.3 Å². The molecule has 2 aromatic rings. The van der Waals surface area contributed by atoms with E-state index in [0.29, 0.717) is 30.7 Å². The lowest BCUT2D eigenvalue weighted by Crippen LogP contribution is -2.17. The first kappa shape index (κ1) is 21.7. The Labute approximate surface area is 167 Å². The SMILES string of the molecule is CCN(c1ccc(C(=O)OC)c(F)c1)c1ccc(OCC(C)C)c(C(C)C)c1. The summed E-state index contributed by atoms with van der Waals surface area (Å²) in [5, 5.41) is 0.